The molecule has 2 rings (SSSR count). The van der Waals surface area contributed by atoms with Crippen LogP contribution in [0.2, 0.25) is 0 Å². The van der Waals surface area contributed by atoms with Crippen molar-refractivity contribution in [3.05, 3.63) is 41.7 Å². The lowest BCUT2D eigenvalue weighted by Gasteiger charge is -2.16. The smallest absolute Gasteiger partial charge is 0.124 e. The van der Waals surface area contributed by atoms with Crippen LogP contribution >= 0.6 is 0 Å². The second-order valence-electron chi connectivity index (χ2n) is 4.66. The van der Waals surface area contributed by atoms with Crippen LogP contribution in [0.15, 0.2) is 30.6 Å². The second kappa shape index (κ2) is 5.75. The van der Waals surface area contributed by atoms with Crippen molar-refractivity contribution in [2.45, 2.75) is 19.4 Å². The third-order valence-electron chi connectivity index (χ3n) is 3.12. The molecule has 0 saturated carbocycles. The highest BCUT2D eigenvalue weighted by molar-refractivity contribution is 5.44. The molecule has 3 N–H and O–H groups in total. The number of nitrogens with zero attached hydrogens (tertiary/aromatic N) is 2. The van der Waals surface area contributed by atoms with Gasteiger partial charge in [0.2, 0.25) is 0 Å². The van der Waals surface area contributed by atoms with E-state index in [0.29, 0.717) is 5.56 Å². The van der Waals surface area contributed by atoms with E-state index >= 15 is 0 Å². The van der Waals surface area contributed by atoms with Crippen LogP contribution < -0.4 is 5.32 Å². The molecular formula is C14H19N3O2. The largest absolute Gasteiger partial charge is 0.507 e. The Morgan fingerprint density at radius 1 is 1.32 bits per heavy atom. The Balaban J connectivity index is 1.92. The number of aromatic nitrogens is 2. The average molecular weight is 261 g/mol. The molecule has 0 amide bonds. The van der Waals surface area contributed by atoms with Gasteiger partial charge in [-0.15, -0.1) is 0 Å². The van der Waals surface area contributed by atoms with E-state index in [1.54, 1.807) is 22.9 Å². The van der Waals surface area contributed by atoms with Gasteiger partial charge in [-0.25, -0.2) is 0 Å². The van der Waals surface area contributed by atoms with Crippen molar-refractivity contribution in [2.24, 2.45) is 7.05 Å². The Hall–Kier alpha value is -2.01. The SMILES string of the molecule is CC(NCCc1cnn(C)c1)c1c(O)cccc1O. The molecule has 19 heavy (non-hydrogen) atoms. The van der Waals surface area contributed by atoms with Crippen LogP contribution in [0.4, 0.5) is 0 Å². The van der Waals surface area contributed by atoms with Crippen molar-refractivity contribution >= 4 is 0 Å². The summed E-state index contributed by atoms with van der Waals surface area (Å²) >= 11 is 0. The highest BCUT2D eigenvalue weighted by atomic mass is 16.3. The Bertz CT molecular complexity index is 531. The van der Waals surface area contributed by atoms with Gasteiger partial charge in [-0.3, -0.25) is 4.68 Å². The predicted octanol–water partition coefficient (Wildman–Crippen LogP) is 1.72. The number of benzene rings is 1. The number of phenols is 2. The molecule has 0 radical (unpaired) electrons. The maximum Gasteiger partial charge on any atom is 0.124 e. The number of nitrogens with one attached hydrogen (secondary N) is 1. The number of aryl methyl sites for hydroxylation is 1. The topological polar surface area (TPSA) is 70.3 Å². The number of hydrogen-bond acceptors (Lipinski definition) is 4. The van der Waals surface area contributed by atoms with Crippen molar-refractivity contribution in [3.63, 3.8) is 0 Å². The molecule has 1 aromatic carbocycles. The van der Waals surface area contributed by atoms with Crippen LogP contribution in [-0.2, 0) is 13.5 Å². The molecule has 0 aliphatic carbocycles. The third-order valence-corrected chi connectivity index (χ3v) is 3.12. The van der Waals surface area contributed by atoms with E-state index in [1.807, 2.05) is 26.4 Å². The van der Waals surface area contributed by atoms with Gasteiger partial charge in [-0.2, -0.15) is 5.10 Å². The maximum absolute atomic E-state index is 9.77. The summed E-state index contributed by atoms with van der Waals surface area (Å²) in [6.45, 7) is 2.67. The summed E-state index contributed by atoms with van der Waals surface area (Å²) in [6, 6.07) is 4.66. The minimum Gasteiger partial charge on any atom is -0.507 e. The van der Waals surface area contributed by atoms with E-state index in [0.717, 1.165) is 18.5 Å². The highest BCUT2D eigenvalue weighted by Gasteiger charge is 2.14. The zero-order chi connectivity index (χ0) is 13.8. The summed E-state index contributed by atoms with van der Waals surface area (Å²) in [7, 11) is 1.89. The third kappa shape index (κ3) is 3.26. The number of rotatable bonds is 5. The van der Waals surface area contributed by atoms with Crippen LogP contribution in [-0.4, -0.2) is 26.5 Å². The summed E-state index contributed by atoms with van der Waals surface area (Å²) in [5.41, 5.74) is 1.69. The first-order valence-electron chi connectivity index (χ1n) is 6.29. The van der Waals surface area contributed by atoms with Crippen molar-refractivity contribution in [1.29, 1.82) is 0 Å². The Morgan fingerprint density at radius 2 is 2.00 bits per heavy atom. The van der Waals surface area contributed by atoms with E-state index in [2.05, 4.69) is 10.4 Å². The first-order chi connectivity index (χ1) is 9.08. The van der Waals surface area contributed by atoms with Crippen molar-refractivity contribution in [3.8, 4) is 11.5 Å². The summed E-state index contributed by atoms with van der Waals surface area (Å²) < 4.78 is 1.77. The summed E-state index contributed by atoms with van der Waals surface area (Å²) in [5.74, 6) is 0.225. The molecule has 0 spiro atoms. The van der Waals surface area contributed by atoms with Gasteiger partial charge in [0.1, 0.15) is 11.5 Å². The minimum atomic E-state index is -0.113. The molecule has 0 fully saturated rings. The molecule has 5 heteroatoms. The Morgan fingerprint density at radius 3 is 2.58 bits per heavy atom. The van der Waals surface area contributed by atoms with E-state index < -0.39 is 0 Å². The lowest BCUT2D eigenvalue weighted by molar-refractivity contribution is 0.419. The van der Waals surface area contributed by atoms with E-state index in [-0.39, 0.29) is 17.5 Å². The quantitative estimate of drug-likeness (QED) is 0.766. The standard InChI is InChI=1S/C14H19N3O2/c1-10(14-12(18)4-3-5-13(14)19)15-7-6-11-8-16-17(2)9-11/h3-5,8-10,15,18-19H,6-7H2,1-2H3. The van der Waals surface area contributed by atoms with E-state index in [4.69, 9.17) is 0 Å². The maximum atomic E-state index is 9.77. The normalized spacial score (nSPS) is 12.5. The average Bonchev–Trinajstić information content (AvgIpc) is 2.75. The zero-order valence-electron chi connectivity index (χ0n) is 11.2. The molecule has 1 unspecified atom stereocenters. The first kappa shape index (κ1) is 13.4. The van der Waals surface area contributed by atoms with Crippen LogP contribution in [0.5, 0.6) is 11.5 Å². The molecule has 0 bridgehead atoms. The zero-order valence-corrected chi connectivity index (χ0v) is 11.2. The van der Waals surface area contributed by atoms with Crippen LogP contribution in [0.3, 0.4) is 0 Å². The minimum absolute atomic E-state index is 0.112. The predicted molar refractivity (Wildman–Crippen MR) is 73.1 cm³/mol. The molecule has 5 nitrogen and oxygen atoms in total. The fraction of sp³-hybridized carbons (Fsp3) is 0.357. The molecule has 102 valence electrons. The van der Waals surface area contributed by atoms with Crippen molar-refractivity contribution < 1.29 is 10.2 Å². The van der Waals surface area contributed by atoms with Crippen LogP contribution in [0.25, 0.3) is 0 Å². The molecule has 0 saturated heterocycles. The molecule has 1 atom stereocenters. The van der Waals surface area contributed by atoms with Crippen LogP contribution in [0, 0.1) is 0 Å². The Labute approximate surface area is 112 Å². The highest BCUT2D eigenvalue weighted by Crippen LogP contribution is 2.31. The van der Waals surface area contributed by atoms with Gasteiger partial charge in [0.05, 0.1) is 11.8 Å². The van der Waals surface area contributed by atoms with Gasteiger partial charge in [0.25, 0.3) is 0 Å². The molecule has 0 aliphatic heterocycles. The lowest BCUT2D eigenvalue weighted by atomic mass is 10.1. The lowest BCUT2D eigenvalue weighted by Crippen LogP contribution is -2.21. The number of hydrogen-bond donors (Lipinski definition) is 3. The summed E-state index contributed by atoms with van der Waals surface area (Å²) in [6.07, 6.45) is 4.67. The van der Waals surface area contributed by atoms with E-state index in [9.17, 15) is 10.2 Å². The van der Waals surface area contributed by atoms with E-state index in [1.165, 1.54) is 0 Å². The number of phenolic OH excluding ortho intramolecular Hbond substituents is 2. The fourth-order valence-corrected chi connectivity index (χ4v) is 2.12. The molecular weight excluding hydrogens is 242 g/mol. The van der Waals surface area contributed by atoms with Crippen molar-refractivity contribution in [1.82, 2.24) is 15.1 Å². The van der Waals surface area contributed by atoms with Crippen molar-refractivity contribution in [2.75, 3.05) is 6.54 Å². The monoisotopic (exact) mass is 261 g/mol. The molecule has 1 heterocycles. The van der Waals surface area contributed by atoms with Gasteiger partial charge in [-0.1, -0.05) is 6.07 Å². The molecule has 0 aliphatic rings. The summed E-state index contributed by atoms with van der Waals surface area (Å²) in [5, 5.41) is 26.9. The Kier molecular flexibility index (Phi) is 4.06. The first-order valence-corrected chi connectivity index (χ1v) is 6.29. The van der Waals surface area contributed by atoms with Crippen LogP contribution in [0.1, 0.15) is 24.1 Å². The summed E-state index contributed by atoms with van der Waals surface area (Å²) in [4.78, 5) is 0. The second-order valence-corrected chi connectivity index (χ2v) is 4.66. The fourth-order valence-electron chi connectivity index (χ4n) is 2.12. The van der Waals surface area contributed by atoms with Gasteiger partial charge in [-0.05, 0) is 37.6 Å². The molecule has 1 aromatic heterocycles. The van der Waals surface area contributed by atoms with Gasteiger partial charge < -0.3 is 15.5 Å². The van der Waals surface area contributed by atoms with Gasteiger partial charge >= 0.3 is 0 Å². The number of aromatic hydroxyl groups is 2. The molecule has 2 aromatic rings. The van der Waals surface area contributed by atoms with Gasteiger partial charge in [0.15, 0.2) is 0 Å². The van der Waals surface area contributed by atoms with Gasteiger partial charge in [0, 0.05) is 19.3 Å².